The summed E-state index contributed by atoms with van der Waals surface area (Å²) < 4.78 is 21.7. The van der Waals surface area contributed by atoms with Gasteiger partial charge in [-0.25, -0.2) is 19.4 Å². The number of ether oxygens (including phenoxy) is 4. The van der Waals surface area contributed by atoms with Crippen LogP contribution in [0.2, 0.25) is 0 Å². The molecule has 14 heteroatoms. The van der Waals surface area contributed by atoms with Crippen LogP contribution in [0.3, 0.4) is 0 Å². The van der Waals surface area contributed by atoms with Gasteiger partial charge in [0.15, 0.2) is 0 Å². The molecular formula is C28H47N5O9. The maximum Gasteiger partial charge on any atom is 0.414 e. The Morgan fingerprint density at radius 3 is 2.12 bits per heavy atom. The summed E-state index contributed by atoms with van der Waals surface area (Å²) in [5, 5.41) is 17.8. The molecule has 0 aromatic carbocycles. The van der Waals surface area contributed by atoms with Crippen molar-refractivity contribution in [1.29, 1.82) is 0 Å². The molecule has 1 fully saturated rings. The topological polar surface area (TPSA) is 177 Å². The molecule has 1 aliphatic carbocycles. The van der Waals surface area contributed by atoms with Gasteiger partial charge in [-0.15, -0.1) is 0 Å². The predicted octanol–water partition coefficient (Wildman–Crippen LogP) is 2.18. The van der Waals surface area contributed by atoms with Crippen molar-refractivity contribution in [2.75, 3.05) is 33.4 Å². The summed E-state index contributed by atoms with van der Waals surface area (Å²) in [6.45, 7) is 13.5. The molecular weight excluding hydrogens is 550 g/mol. The molecule has 0 unspecified atom stereocenters. The van der Waals surface area contributed by atoms with Crippen LogP contribution in [0.4, 0.5) is 9.59 Å². The van der Waals surface area contributed by atoms with Gasteiger partial charge in [0, 0.05) is 32.6 Å². The largest absolute Gasteiger partial charge is 0.478 e. The molecule has 2 rings (SSSR count). The number of methoxy groups -OCH3 is 1. The van der Waals surface area contributed by atoms with Gasteiger partial charge in [0.05, 0.1) is 37.4 Å². The molecule has 238 valence electrons. The third kappa shape index (κ3) is 12.3. The molecule has 0 aromatic heterocycles. The van der Waals surface area contributed by atoms with Gasteiger partial charge in [-0.05, 0) is 60.9 Å². The molecule has 1 saturated heterocycles. The third-order valence-electron chi connectivity index (χ3n) is 6.23. The van der Waals surface area contributed by atoms with E-state index in [2.05, 4.69) is 25.8 Å². The summed E-state index contributed by atoms with van der Waals surface area (Å²) in [6, 6.07) is -2.13. The van der Waals surface area contributed by atoms with E-state index >= 15 is 0 Å². The van der Waals surface area contributed by atoms with Gasteiger partial charge in [0.25, 0.3) is 0 Å². The minimum absolute atomic E-state index is 0.0755. The molecule has 1 heterocycles. The average molecular weight is 598 g/mol. The van der Waals surface area contributed by atoms with Gasteiger partial charge < -0.3 is 29.4 Å². The molecule has 0 radical (unpaired) electrons. The molecule has 0 spiro atoms. The van der Waals surface area contributed by atoms with E-state index in [4.69, 9.17) is 18.9 Å². The number of piperidine rings is 1. The van der Waals surface area contributed by atoms with Crippen molar-refractivity contribution in [3.63, 3.8) is 0 Å². The van der Waals surface area contributed by atoms with Gasteiger partial charge in [0.1, 0.15) is 11.2 Å². The first-order chi connectivity index (χ1) is 19.5. The maximum absolute atomic E-state index is 12.7. The summed E-state index contributed by atoms with van der Waals surface area (Å²) in [7, 11) is 1.60. The highest BCUT2D eigenvalue weighted by atomic mass is 16.6. The molecule has 3 amide bonds. The Balaban J connectivity index is 2.47. The van der Waals surface area contributed by atoms with E-state index in [1.807, 2.05) is 0 Å². The number of hydrogen-bond donors (Lipinski definition) is 4. The normalized spacial score (nSPS) is 23.2. The number of hydrogen-bond acceptors (Lipinski definition) is 10. The van der Waals surface area contributed by atoms with Crippen molar-refractivity contribution >= 4 is 30.0 Å². The van der Waals surface area contributed by atoms with E-state index in [1.165, 1.54) is 6.92 Å². The lowest BCUT2D eigenvalue weighted by atomic mass is 9.85. The van der Waals surface area contributed by atoms with Crippen LogP contribution in [0.25, 0.3) is 0 Å². The van der Waals surface area contributed by atoms with Crippen molar-refractivity contribution in [2.24, 2.45) is 4.99 Å². The smallest absolute Gasteiger partial charge is 0.414 e. The Kier molecular flexibility index (Phi) is 12.7. The Morgan fingerprint density at radius 1 is 1.02 bits per heavy atom. The number of amides is 3. The fourth-order valence-corrected chi connectivity index (χ4v) is 4.72. The van der Waals surface area contributed by atoms with Crippen molar-refractivity contribution in [1.82, 2.24) is 20.9 Å². The summed E-state index contributed by atoms with van der Waals surface area (Å²) in [4.78, 5) is 56.5. The highest BCUT2D eigenvalue weighted by Gasteiger charge is 2.41. The lowest BCUT2D eigenvalue weighted by Gasteiger charge is -2.44. The predicted molar refractivity (Wildman–Crippen MR) is 154 cm³/mol. The minimum Gasteiger partial charge on any atom is -0.478 e. The number of carboxylic acid groups (broad SMARTS) is 1. The zero-order chi connectivity index (χ0) is 31.7. The number of carbonyl (C=O) groups excluding carboxylic acids is 3. The van der Waals surface area contributed by atoms with E-state index < -0.39 is 47.5 Å². The van der Waals surface area contributed by atoms with E-state index in [1.54, 1.807) is 54.7 Å². The molecule has 4 atom stereocenters. The Bertz CT molecular complexity index is 1000. The Labute approximate surface area is 247 Å². The molecule has 42 heavy (non-hydrogen) atoms. The van der Waals surface area contributed by atoms with Crippen LogP contribution in [0.15, 0.2) is 16.6 Å². The van der Waals surface area contributed by atoms with Gasteiger partial charge in [-0.2, -0.15) is 0 Å². The second-order valence-electron chi connectivity index (χ2n) is 12.3. The van der Waals surface area contributed by atoms with Crippen molar-refractivity contribution in [3.8, 4) is 0 Å². The standard InChI is InChI=1S/C28H47N5O9/c1-17(34)29-22-20(30-24(31-25(37)41-27(2,3)4)32-26(38)42-28(5,6)7)14-18(23(35)36)15-21(22)33-11-9-10-19(16-33)40-13-12-39-8/h15,19-22H,9-14,16H2,1-8H3,(H,29,34)(H,35,36)(H2,30,31,32,37,38)/t19-,20-,21+,22+/m0/s1. The summed E-state index contributed by atoms with van der Waals surface area (Å²) in [5.41, 5.74) is -1.59. The summed E-state index contributed by atoms with van der Waals surface area (Å²) >= 11 is 0. The number of nitrogens with zero attached hydrogens (tertiary/aromatic N) is 2. The number of carboxylic acids is 1. The number of likely N-dealkylation sites (tertiary alicyclic amines) is 1. The van der Waals surface area contributed by atoms with Crippen molar-refractivity contribution < 1.29 is 43.2 Å². The second-order valence-corrected chi connectivity index (χ2v) is 12.3. The highest BCUT2D eigenvalue weighted by molar-refractivity contribution is 6.01. The van der Waals surface area contributed by atoms with Gasteiger partial charge in [-0.3, -0.25) is 20.3 Å². The van der Waals surface area contributed by atoms with Gasteiger partial charge in [-0.1, -0.05) is 6.08 Å². The van der Waals surface area contributed by atoms with Crippen LogP contribution < -0.4 is 16.0 Å². The zero-order valence-corrected chi connectivity index (χ0v) is 25.9. The van der Waals surface area contributed by atoms with Gasteiger partial charge in [0.2, 0.25) is 11.9 Å². The number of aliphatic carboxylic acids is 1. The third-order valence-corrected chi connectivity index (χ3v) is 6.23. The number of carbonyl (C=O) groups is 4. The van der Waals surface area contributed by atoms with E-state index in [0.717, 1.165) is 12.8 Å². The Morgan fingerprint density at radius 2 is 1.62 bits per heavy atom. The van der Waals surface area contributed by atoms with Crippen LogP contribution in [-0.2, 0) is 28.5 Å². The monoisotopic (exact) mass is 597 g/mol. The first-order valence-corrected chi connectivity index (χ1v) is 14.1. The van der Waals surface area contributed by atoms with E-state index in [0.29, 0.717) is 26.3 Å². The van der Waals surface area contributed by atoms with E-state index in [-0.39, 0.29) is 30.0 Å². The number of guanidine groups is 1. The molecule has 0 aromatic rings. The molecule has 2 aliphatic rings. The fraction of sp³-hybridized carbons (Fsp3) is 0.750. The lowest BCUT2D eigenvalue weighted by Crippen LogP contribution is -2.60. The molecule has 1 aliphatic heterocycles. The summed E-state index contributed by atoms with van der Waals surface area (Å²) in [5.74, 6) is -1.78. The second kappa shape index (κ2) is 15.3. The van der Waals surface area contributed by atoms with Gasteiger partial charge >= 0.3 is 18.2 Å². The van der Waals surface area contributed by atoms with Crippen LogP contribution in [0.5, 0.6) is 0 Å². The van der Waals surface area contributed by atoms with Crippen LogP contribution in [-0.4, -0.2) is 109 Å². The Hall–Kier alpha value is -3.23. The molecule has 4 N–H and O–H groups in total. The van der Waals surface area contributed by atoms with Crippen molar-refractivity contribution in [2.45, 2.75) is 103 Å². The number of nitrogens with one attached hydrogen (secondary N) is 3. The quantitative estimate of drug-likeness (QED) is 0.184. The number of rotatable bonds is 8. The first-order valence-electron chi connectivity index (χ1n) is 14.1. The minimum atomic E-state index is -1.13. The number of aliphatic imine (C=N–C) groups is 1. The fourth-order valence-electron chi connectivity index (χ4n) is 4.72. The first kappa shape index (κ1) is 35.0. The highest BCUT2D eigenvalue weighted by Crippen LogP contribution is 2.29. The SMILES string of the molecule is COCCO[C@H]1CCCN([C@@H]2C=C(C(=O)O)C[C@H](N=C(NC(=O)OC(C)(C)C)NC(=O)OC(C)(C)C)[C@H]2NC(C)=O)C1. The molecule has 14 nitrogen and oxygen atoms in total. The van der Waals surface area contributed by atoms with Crippen LogP contribution in [0.1, 0.15) is 67.7 Å². The average Bonchev–Trinajstić information content (AvgIpc) is 2.82. The van der Waals surface area contributed by atoms with E-state index in [9.17, 15) is 24.3 Å². The maximum atomic E-state index is 12.7. The number of alkyl carbamates (subject to hydrolysis) is 2. The molecule has 0 bridgehead atoms. The molecule has 0 saturated carbocycles. The zero-order valence-electron chi connectivity index (χ0n) is 25.9. The van der Waals surface area contributed by atoms with Crippen LogP contribution in [0, 0.1) is 0 Å². The van der Waals surface area contributed by atoms with Crippen molar-refractivity contribution in [3.05, 3.63) is 11.6 Å². The lowest BCUT2D eigenvalue weighted by molar-refractivity contribution is -0.133. The summed E-state index contributed by atoms with van der Waals surface area (Å²) in [6.07, 6.45) is 1.32. The van der Waals surface area contributed by atoms with Crippen LogP contribution >= 0.6 is 0 Å².